The highest BCUT2D eigenvalue weighted by Gasteiger charge is 2.16. The zero-order chi connectivity index (χ0) is 24.6. The maximum Gasteiger partial charge on any atom is 0.220 e. The van der Waals surface area contributed by atoms with Gasteiger partial charge in [-0.1, -0.05) is 89.1 Å². The van der Waals surface area contributed by atoms with Crippen LogP contribution in [0.15, 0.2) is 78.0 Å². The van der Waals surface area contributed by atoms with Gasteiger partial charge in [0.2, 0.25) is 5.91 Å². The summed E-state index contributed by atoms with van der Waals surface area (Å²) >= 11 is 7.91. The predicted molar refractivity (Wildman–Crippen MR) is 143 cm³/mol. The number of nitrogens with one attached hydrogen (secondary N) is 1. The molecule has 1 aromatic heterocycles. The van der Waals surface area contributed by atoms with Crippen molar-refractivity contribution >= 4 is 29.3 Å². The van der Waals surface area contributed by atoms with Crippen LogP contribution in [0.4, 0.5) is 0 Å². The molecule has 0 aliphatic heterocycles. The van der Waals surface area contributed by atoms with Gasteiger partial charge < -0.3 is 5.32 Å². The Hall–Kier alpha value is -3.09. The van der Waals surface area contributed by atoms with E-state index in [1.807, 2.05) is 47.0 Å². The summed E-state index contributed by atoms with van der Waals surface area (Å²) in [7, 11) is 0. The highest BCUT2D eigenvalue weighted by molar-refractivity contribution is 7.98. The third kappa shape index (κ3) is 7.20. The molecule has 0 atom stereocenters. The first kappa shape index (κ1) is 25.0. The molecule has 1 N–H and O–H groups in total. The minimum absolute atomic E-state index is 0.00557. The molecule has 35 heavy (non-hydrogen) atoms. The van der Waals surface area contributed by atoms with Crippen LogP contribution in [0, 0.1) is 13.8 Å². The van der Waals surface area contributed by atoms with Crippen LogP contribution in [0.1, 0.15) is 34.5 Å². The van der Waals surface area contributed by atoms with Gasteiger partial charge in [-0.25, -0.2) is 0 Å². The fourth-order valence-corrected chi connectivity index (χ4v) is 5.12. The number of aryl methyl sites for hydroxylation is 3. The second-order valence-corrected chi connectivity index (χ2v) is 9.96. The molecule has 1 heterocycles. The van der Waals surface area contributed by atoms with Crippen molar-refractivity contribution in [2.45, 2.75) is 44.0 Å². The smallest absolute Gasteiger partial charge is 0.220 e. The number of rotatable bonds is 10. The van der Waals surface area contributed by atoms with E-state index in [2.05, 4.69) is 59.7 Å². The molecule has 0 radical (unpaired) electrons. The average molecular weight is 505 g/mol. The van der Waals surface area contributed by atoms with Crippen molar-refractivity contribution in [3.63, 3.8) is 0 Å². The number of aromatic nitrogens is 3. The average Bonchev–Trinajstić information content (AvgIpc) is 3.24. The number of hydrogen-bond donors (Lipinski definition) is 1. The Balaban J connectivity index is 1.44. The van der Waals surface area contributed by atoms with Crippen LogP contribution in [-0.4, -0.2) is 27.2 Å². The van der Waals surface area contributed by atoms with E-state index in [1.165, 1.54) is 22.3 Å². The first-order chi connectivity index (χ1) is 17.0. The van der Waals surface area contributed by atoms with Gasteiger partial charge in [-0.2, -0.15) is 0 Å². The van der Waals surface area contributed by atoms with Gasteiger partial charge in [0.15, 0.2) is 5.16 Å². The van der Waals surface area contributed by atoms with Crippen molar-refractivity contribution < 1.29 is 4.79 Å². The van der Waals surface area contributed by atoms with Crippen LogP contribution in [0.25, 0.3) is 5.69 Å². The fraction of sp³-hybridized carbons (Fsp3) is 0.250. The van der Waals surface area contributed by atoms with Crippen LogP contribution >= 0.6 is 23.4 Å². The number of carbonyl (C=O) groups is 1. The molecule has 0 bridgehead atoms. The van der Waals surface area contributed by atoms with Gasteiger partial charge in [-0.15, -0.1) is 10.2 Å². The first-order valence-electron chi connectivity index (χ1n) is 11.7. The summed E-state index contributed by atoms with van der Waals surface area (Å²) in [6.45, 7) is 4.83. The van der Waals surface area contributed by atoms with Crippen molar-refractivity contribution in [3.05, 3.63) is 106 Å². The highest BCUT2D eigenvalue weighted by atomic mass is 35.5. The van der Waals surface area contributed by atoms with Crippen LogP contribution in [-0.2, 0) is 23.4 Å². The first-order valence-corrected chi connectivity index (χ1v) is 13.0. The van der Waals surface area contributed by atoms with Crippen molar-refractivity contribution in [1.29, 1.82) is 0 Å². The number of benzene rings is 3. The fourth-order valence-electron chi connectivity index (χ4n) is 4.04. The van der Waals surface area contributed by atoms with Gasteiger partial charge in [-0.3, -0.25) is 9.36 Å². The van der Waals surface area contributed by atoms with E-state index in [9.17, 15) is 4.79 Å². The molecule has 0 spiro atoms. The van der Waals surface area contributed by atoms with E-state index >= 15 is 0 Å². The summed E-state index contributed by atoms with van der Waals surface area (Å²) < 4.78 is 2.01. The predicted octanol–water partition coefficient (Wildman–Crippen LogP) is 6.12. The molecule has 0 aliphatic carbocycles. The van der Waals surface area contributed by atoms with Gasteiger partial charge in [0.05, 0.1) is 5.69 Å². The number of thioether (sulfide) groups is 1. The van der Waals surface area contributed by atoms with Crippen LogP contribution in [0.5, 0.6) is 0 Å². The van der Waals surface area contributed by atoms with Crippen LogP contribution in [0.2, 0.25) is 5.02 Å². The molecule has 3 aromatic carbocycles. The van der Waals surface area contributed by atoms with E-state index in [0.717, 1.165) is 28.8 Å². The van der Waals surface area contributed by atoms with Crippen LogP contribution in [0.3, 0.4) is 0 Å². The van der Waals surface area contributed by atoms with Crippen molar-refractivity contribution in [3.8, 4) is 5.69 Å². The molecule has 0 unspecified atom stereocenters. The van der Waals surface area contributed by atoms with Crippen molar-refractivity contribution in [2.24, 2.45) is 0 Å². The quantitative estimate of drug-likeness (QED) is 0.264. The maximum absolute atomic E-state index is 12.5. The summed E-state index contributed by atoms with van der Waals surface area (Å²) in [4.78, 5) is 12.5. The lowest BCUT2D eigenvalue weighted by molar-refractivity contribution is -0.121. The largest absolute Gasteiger partial charge is 0.356 e. The Bertz CT molecular complexity index is 1270. The Morgan fingerprint density at radius 2 is 1.69 bits per heavy atom. The van der Waals surface area contributed by atoms with Gasteiger partial charge in [0, 0.05) is 30.2 Å². The van der Waals surface area contributed by atoms with Crippen LogP contribution < -0.4 is 5.32 Å². The van der Waals surface area contributed by atoms with Crippen molar-refractivity contribution in [2.75, 3.05) is 6.54 Å². The van der Waals surface area contributed by atoms with E-state index in [-0.39, 0.29) is 5.91 Å². The number of halogens is 1. The second-order valence-electron chi connectivity index (χ2n) is 8.58. The SMILES string of the molecule is Cc1cc(C)cc(CSc2nnc(CCC(=O)NCCc3ccccc3)n2-c2cccc(Cl)c2)c1. The Kier molecular flexibility index (Phi) is 8.61. The Labute approximate surface area is 215 Å². The highest BCUT2D eigenvalue weighted by Crippen LogP contribution is 2.27. The molecule has 4 aromatic rings. The van der Waals surface area contributed by atoms with Gasteiger partial charge in [0.25, 0.3) is 0 Å². The second kappa shape index (κ2) is 12.0. The molecule has 5 nitrogen and oxygen atoms in total. The zero-order valence-corrected chi connectivity index (χ0v) is 21.6. The van der Waals surface area contributed by atoms with E-state index < -0.39 is 0 Å². The molecular formula is C28H29ClN4OS. The Morgan fingerprint density at radius 1 is 0.914 bits per heavy atom. The third-order valence-electron chi connectivity index (χ3n) is 5.57. The lowest BCUT2D eigenvalue weighted by atomic mass is 10.1. The third-order valence-corrected chi connectivity index (χ3v) is 6.81. The molecule has 7 heteroatoms. The van der Waals surface area contributed by atoms with Crippen molar-refractivity contribution in [1.82, 2.24) is 20.1 Å². The summed E-state index contributed by atoms with van der Waals surface area (Å²) in [5.74, 6) is 1.53. The molecule has 1 amide bonds. The van der Waals surface area contributed by atoms with E-state index in [1.54, 1.807) is 11.8 Å². The number of hydrogen-bond acceptors (Lipinski definition) is 4. The maximum atomic E-state index is 12.5. The van der Waals surface area contributed by atoms with Gasteiger partial charge >= 0.3 is 0 Å². The standard InChI is InChI=1S/C28H29ClN4OS/c1-20-15-21(2)17-23(16-20)19-35-28-32-31-26(33(28)25-10-6-9-24(29)18-25)11-12-27(34)30-14-13-22-7-4-3-5-8-22/h3-10,15-18H,11-14,19H2,1-2H3,(H,30,34). The summed E-state index contributed by atoms with van der Waals surface area (Å²) in [6, 6.07) is 24.3. The molecule has 0 saturated carbocycles. The normalized spacial score (nSPS) is 10.9. The molecule has 180 valence electrons. The zero-order valence-electron chi connectivity index (χ0n) is 20.0. The minimum atomic E-state index is 0.00557. The number of nitrogens with zero attached hydrogens (tertiary/aromatic N) is 3. The molecule has 4 rings (SSSR count). The molecule has 0 saturated heterocycles. The van der Waals surface area contributed by atoms with Gasteiger partial charge in [0.1, 0.15) is 5.82 Å². The van der Waals surface area contributed by atoms with E-state index in [0.29, 0.717) is 24.4 Å². The Morgan fingerprint density at radius 3 is 2.43 bits per heavy atom. The van der Waals surface area contributed by atoms with Gasteiger partial charge in [-0.05, 0) is 49.6 Å². The molecular weight excluding hydrogens is 476 g/mol. The summed E-state index contributed by atoms with van der Waals surface area (Å²) in [5.41, 5.74) is 5.84. The number of carbonyl (C=O) groups excluding carboxylic acids is 1. The number of amides is 1. The monoisotopic (exact) mass is 504 g/mol. The van der Waals surface area contributed by atoms with E-state index in [4.69, 9.17) is 11.6 Å². The molecule has 0 aliphatic rings. The summed E-state index contributed by atoms with van der Waals surface area (Å²) in [6.07, 6.45) is 1.64. The molecule has 0 fully saturated rings. The topological polar surface area (TPSA) is 59.8 Å². The minimum Gasteiger partial charge on any atom is -0.356 e. The lowest BCUT2D eigenvalue weighted by Gasteiger charge is -2.11. The lowest BCUT2D eigenvalue weighted by Crippen LogP contribution is -2.26. The summed E-state index contributed by atoms with van der Waals surface area (Å²) in [5, 5.41) is 13.3.